The van der Waals surface area contributed by atoms with E-state index in [0.717, 1.165) is 17.1 Å². The van der Waals surface area contributed by atoms with Crippen LogP contribution in [0.4, 0.5) is 11.4 Å². The maximum atomic E-state index is 10.9. The summed E-state index contributed by atoms with van der Waals surface area (Å²) < 4.78 is 5.97. The number of nitro benzene ring substituents is 1. The van der Waals surface area contributed by atoms with Gasteiger partial charge in [0, 0.05) is 17.3 Å². The maximum absolute atomic E-state index is 10.9. The molecule has 2 aromatic rings. The molecule has 1 atom stereocenters. The van der Waals surface area contributed by atoms with Crippen LogP contribution < -0.4 is 5.32 Å². The smallest absolute Gasteiger partial charge is 0.285 e. The third-order valence-electron chi connectivity index (χ3n) is 3.07. The quantitative estimate of drug-likeness (QED) is 0.645. The van der Waals surface area contributed by atoms with Crippen molar-refractivity contribution in [3.8, 4) is 0 Å². The Morgan fingerprint density at radius 1 is 1.35 bits per heavy atom. The first-order chi connectivity index (χ1) is 9.38. The van der Waals surface area contributed by atoms with Crippen molar-refractivity contribution in [2.45, 2.75) is 26.8 Å². The number of rotatable bonds is 4. The van der Waals surface area contributed by atoms with Gasteiger partial charge < -0.3 is 9.73 Å². The van der Waals surface area contributed by atoms with Gasteiger partial charge in [-0.2, -0.15) is 0 Å². The lowest BCUT2D eigenvalue weighted by atomic mass is 10.1. The van der Waals surface area contributed by atoms with E-state index in [0.29, 0.717) is 10.2 Å². The number of halogens is 1. The van der Waals surface area contributed by atoms with Crippen LogP contribution in [-0.2, 0) is 0 Å². The highest BCUT2D eigenvalue weighted by molar-refractivity contribution is 9.10. The predicted octanol–water partition coefficient (Wildman–Crippen LogP) is 4.74. The van der Waals surface area contributed by atoms with Crippen molar-refractivity contribution in [1.29, 1.82) is 0 Å². The van der Waals surface area contributed by atoms with Crippen LogP contribution in [-0.4, -0.2) is 4.92 Å². The predicted molar refractivity (Wildman–Crippen MR) is 81.0 cm³/mol. The Labute approximate surface area is 125 Å². The van der Waals surface area contributed by atoms with Gasteiger partial charge >= 0.3 is 0 Å². The van der Waals surface area contributed by atoms with Crippen molar-refractivity contribution in [1.82, 2.24) is 0 Å². The van der Waals surface area contributed by atoms with E-state index < -0.39 is 4.92 Å². The van der Waals surface area contributed by atoms with Crippen molar-refractivity contribution in [3.63, 3.8) is 0 Å². The summed E-state index contributed by atoms with van der Waals surface area (Å²) in [5.74, 6) is 1.71. The normalized spacial score (nSPS) is 12.2. The zero-order valence-corrected chi connectivity index (χ0v) is 13.0. The van der Waals surface area contributed by atoms with E-state index in [9.17, 15) is 10.1 Å². The summed E-state index contributed by atoms with van der Waals surface area (Å²) in [6, 6.07) is 6.97. The molecule has 1 N–H and O–H groups in total. The first-order valence-electron chi connectivity index (χ1n) is 6.16. The van der Waals surface area contributed by atoms with E-state index in [2.05, 4.69) is 21.2 Å². The van der Waals surface area contributed by atoms with Gasteiger partial charge in [-0.25, -0.2) is 0 Å². The highest BCUT2D eigenvalue weighted by atomic mass is 79.9. The molecule has 1 unspecified atom stereocenters. The van der Waals surface area contributed by atoms with Crippen LogP contribution in [0.5, 0.6) is 0 Å². The monoisotopic (exact) mass is 338 g/mol. The Morgan fingerprint density at radius 2 is 2.05 bits per heavy atom. The largest absolute Gasteiger partial charge is 0.466 e. The first kappa shape index (κ1) is 14.6. The molecule has 0 saturated carbocycles. The molecule has 0 bridgehead atoms. The molecule has 0 saturated heterocycles. The molecule has 0 aliphatic heterocycles. The number of nitro groups is 1. The van der Waals surface area contributed by atoms with E-state index in [1.165, 1.54) is 6.07 Å². The Kier molecular flexibility index (Phi) is 4.13. The molecule has 0 aliphatic rings. The molecule has 20 heavy (non-hydrogen) atoms. The van der Waals surface area contributed by atoms with Crippen molar-refractivity contribution < 1.29 is 9.34 Å². The second-order valence-corrected chi connectivity index (χ2v) is 5.51. The number of anilines is 1. The van der Waals surface area contributed by atoms with Gasteiger partial charge in [0.25, 0.3) is 5.69 Å². The van der Waals surface area contributed by atoms with Gasteiger partial charge in [-0.3, -0.25) is 10.1 Å². The van der Waals surface area contributed by atoms with Crippen LogP contribution >= 0.6 is 15.9 Å². The third-order valence-corrected chi connectivity index (χ3v) is 3.74. The average Bonchev–Trinajstić information content (AvgIpc) is 2.70. The van der Waals surface area contributed by atoms with Crippen LogP contribution in [0.15, 0.2) is 33.2 Å². The van der Waals surface area contributed by atoms with Gasteiger partial charge in [0.05, 0.1) is 15.4 Å². The summed E-state index contributed by atoms with van der Waals surface area (Å²) >= 11 is 3.17. The molecule has 0 radical (unpaired) electrons. The minimum absolute atomic E-state index is 0.00762. The lowest BCUT2D eigenvalue weighted by Crippen LogP contribution is -2.07. The molecule has 0 fully saturated rings. The van der Waals surface area contributed by atoms with Crippen molar-refractivity contribution in [2.75, 3.05) is 5.32 Å². The Bertz CT molecular complexity index is 652. The van der Waals surface area contributed by atoms with Gasteiger partial charge in [0.1, 0.15) is 11.5 Å². The topological polar surface area (TPSA) is 68.3 Å². The zero-order valence-electron chi connectivity index (χ0n) is 11.4. The fourth-order valence-electron chi connectivity index (χ4n) is 2.15. The van der Waals surface area contributed by atoms with Crippen molar-refractivity contribution >= 4 is 27.3 Å². The van der Waals surface area contributed by atoms with Gasteiger partial charge in [-0.15, -0.1) is 0 Å². The number of benzene rings is 1. The SMILES string of the molecule is Cc1cc(C(C)Nc2ccc(Br)c([N+](=O)[O-])c2)c(C)o1. The van der Waals surface area contributed by atoms with Crippen LogP contribution in [0.1, 0.15) is 30.0 Å². The molecule has 5 nitrogen and oxygen atoms in total. The number of nitrogens with one attached hydrogen (secondary N) is 1. The van der Waals surface area contributed by atoms with E-state index in [1.807, 2.05) is 26.8 Å². The molecule has 2 rings (SSSR count). The summed E-state index contributed by atoms with van der Waals surface area (Å²) in [5.41, 5.74) is 1.79. The minimum Gasteiger partial charge on any atom is -0.466 e. The van der Waals surface area contributed by atoms with E-state index in [1.54, 1.807) is 12.1 Å². The zero-order chi connectivity index (χ0) is 14.9. The number of furan rings is 1. The molecule has 0 spiro atoms. The third kappa shape index (κ3) is 3.01. The summed E-state index contributed by atoms with van der Waals surface area (Å²) in [7, 11) is 0. The number of aryl methyl sites for hydroxylation is 2. The van der Waals surface area contributed by atoms with Gasteiger partial charge in [-0.1, -0.05) is 0 Å². The molecule has 106 valence electrons. The Hall–Kier alpha value is -1.82. The van der Waals surface area contributed by atoms with Gasteiger partial charge in [0.2, 0.25) is 0 Å². The molecular weight excluding hydrogens is 324 g/mol. The molecular formula is C14H15BrN2O3. The molecule has 1 heterocycles. The lowest BCUT2D eigenvalue weighted by molar-refractivity contribution is -0.385. The molecule has 6 heteroatoms. The maximum Gasteiger partial charge on any atom is 0.285 e. The molecule has 1 aromatic heterocycles. The number of hydrogen-bond acceptors (Lipinski definition) is 4. The van der Waals surface area contributed by atoms with Crippen LogP contribution in [0.3, 0.4) is 0 Å². The van der Waals surface area contributed by atoms with Gasteiger partial charge in [0.15, 0.2) is 0 Å². The van der Waals surface area contributed by atoms with Crippen LogP contribution in [0, 0.1) is 24.0 Å². The molecule has 0 aliphatic carbocycles. The minimum atomic E-state index is -0.410. The molecule has 1 aromatic carbocycles. The fraction of sp³-hybridized carbons (Fsp3) is 0.286. The number of nitrogens with zero attached hydrogens (tertiary/aromatic N) is 1. The fourth-order valence-corrected chi connectivity index (χ4v) is 2.54. The number of hydrogen-bond donors (Lipinski definition) is 1. The van der Waals surface area contributed by atoms with E-state index in [4.69, 9.17) is 4.42 Å². The average molecular weight is 339 g/mol. The molecule has 0 amide bonds. The first-order valence-corrected chi connectivity index (χ1v) is 6.95. The van der Waals surface area contributed by atoms with Crippen LogP contribution in [0.2, 0.25) is 0 Å². The van der Waals surface area contributed by atoms with E-state index in [-0.39, 0.29) is 11.7 Å². The standard InChI is InChI=1S/C14H15BrN2O3/c1-8-6-12(10(3)20-8)9(2)16-11-4-5-13(15)14(7-11)17(18)19/h4-7,9,16H,1-3H3. The van der Waals surface area contributed by atoms with E-state index >= 15 is 0 Å². The summed E-state index contributed by atoms with van der Waals surface area (Å²) in [6.45, 7) is 5.80. The highest BCUT2D eigenvalue weighted by Crippen LogP contribution is 2.30. The Balaban J connectivity index is 2.24. The second-order valence-electron chi connectivity index (χ2n) is 4.66. The van der Waals surface area contributed by atoms with Crippen molar-refractivity contribution in [2.24, 2.45) is 0 Å². The highest BCUT2D eigenvalue weighted by Gasteiger charge is 2.16. The van der Waals surface area contributed by atoms with Gasteiger partial charge in [-0.05, 0) is 54.9 Å². The summed E-state index contributed by atoms with van der Waals surface area (Å²) in [5, 5.41) is 14.2. The Morgan fingerprint density at radius 3 is 2.60 bits per heavy atom. The van der Waals surface area contributed by atoms with Crippen LogP contribution in [0.25, 0.3) is 0 Å². The summed E-state index contributed by atoms with van der Waals surface area (Å²) in [6.07, 6.45) is 0. The lowest BCUT2D eigenvalue weighted by Gasteiger charge is -2.14. The van der Waals surface area contributed by atoms with Crippen molar-refractivity contribution in [3.05, 3.63) is 55.9 Å². The summed E-state index contributed by atoms with van der Waals surface area (Å²) in [4.78, 5) is 10.5. The second kappa shape index (κ2) is 5.66.